The highest BCUT2D eigenvalue weighted by Gasteiger charge is 2.07. The molecule has 3 nitrogen and oxygen atoms in total. The molecule has 1 aromatic carbocycles. The van der Waals surface area contributed by atoms with Gasteiger partial charge in [0.25, 0.3) is 0 Å². The van der Waals surface area contributed by atoms with E-state index < -0.39 is 9.84 Å². The Morgan fingerprint density at radius 2 is 1.71 bits per heavy atom. The van der Waals surface area contributed by atoms with Crippen molar-refractivity contribution in [2.24, 2.45) is 0 Å². The molecule has 1 aromatic heterocycles. The number of benzene rings is 1. The van der Waals surface area contributed by atoms with Gasteiger partial charge in [-0.2, -0.15) is 0 Å². The molecule has 0 atom stereocenters. The number of pyridine rings is 1. The van der Waals surface area contributed by atoms with Gasteiger partial charge in [-0.05, 0) is 12.1 Å². The Kier molecular flexibility index (Phi) is 3.24. The standard InChI is InChI=1S/C13H12NO2S/c1-17(15,16)10-12-8-5-9-13(14-12)11-6-3-2-4-7-11/h2-9H,1,10H2. The van der Waals surface area contributed by atoms with Crippen LogP contribution in [0.3, 0.4) is 0 Å². The molecule has 1 heterocycles. The predicted molar refractivity (Wildman–Crippen MR) is 67.7 cm³/mol. The van der Waals surface area contributed by atoms with Gasteiger partial charge in [0.2, 0.25) is 0 Å². The Hall–Kier alpha value is -1.68. The van der Waals surface area contributed by atoms with Crippen LogP contribution in [0.5, 0.6) is 0 Å². The lowest BCUT2D eigenvalue weighted by molar-refractivity contribution is 0.603. The Morgan fingerprint density at radius 1 is 1.00 bits per heavy atom. The fourth-order valence-corrected chi connectivity index (χ4v) is 2.17. The Balaban J connectivity index is 2.36. The fraction of sp³-hybridized carbons (Fsp3) is 0.0769. The van der Waals surface area contributed by atoms with Gasteiger partial charge in [-0.25, -0.2) is 8.42 Å². The zero-order chi connectivity index (χ0) is 12.3. The maximum Gasteiger partial charge on any atom is 0.156 e. The van der Waals surface area contributed by atoms with Gasteiger partial charge in [-0.3, -0.25) is 4.98 Å². The number of hydrogen-bond donors (Lipinski definition) is 0. The average Bonchev–Trinajstić information content (AvgIpc) is 2.28. The van der Waals surface area contributed by atoms with Gasteiger partial charge in [0.1, 0.15) is 0 Å². The van der Waals surface area contributed by atoms with Crippen molar-refractivity contribution in [2.45, 2.75) is 5.75 Å². The minimum Gasteiger partial charge on any atom is -0.252 e. The third-order valence-electron chi connectivity index (χ3n) is 2.24. The van der Waals surface area contributed by atoms with Crippen LogP contribution in [-0.4, -0.2) is 13.4 Å². The minimum absolute atomic E-state index is 0.131. The first kappa shape index (κ1) is 11.8. The summed E-state index contributed by atoms with van der Waals surface area (Å²) in [7, 11) is -3.29. The van der Waals surface area contributed by atoms with Crippen molar-refractivity contribution in [2.75, 3.05) is 0 Å². The topological polar surface area (TPSA) is 47.0 Å². The quantitative estimate of drug-likeness (QED) is 0.835. The zero-order valence-electron chi connectivity index (χ0n) is 9.20. The smallest absolute Gasteiger partial charge is 0.156 e. The largest absolute Gasteiger partial charge is 0.252 e. The van der Waals surface area contributed by atoms with E-state index in [1.54, 1.807) is 12.1 Å². The summed E-state index contributed by atoms with van der Waals surface area (Å²) in [4.78, 5) is 4.31. The van der Waals surface area contributed by atoms with E-state index in [1.807, 2.05) is 36.4 Å². The molecular weight excluding hydrogens is 234 g/mol. The van der Waals surface area contributed by atoms with E-state index >= 15 is 0 Å². The molecule has 0 unspecified atom stereocenters. The number of nitrogens with zero attached hydrogens (tertiary/aromatic N) is 1. The van der Waals surface area contributed by atoms with Crippen LogP contribution in [0, 0.1) is 6.26 Å². The summed E-state index contributed by atoms with van der Waals surface area (Å²) in [5, 5.41) is 0. The predicted octanol–water partition coefficient (Wildman–Crippen LogP) is 2.45. The van der Waals surface area contributed by atoms with E-state index in [0.29, 0.717) is 5.69 Å². The van der Waals surface area contributed by atoms with Crippen LogP contribution in [-0.2, 0) is 15.6 Å². The molecule has 87 valence electrons. The van der Waals surface area contributed by atoms with Gasteiger partial charge in [0, 0.05) is 5.56 Å². The third kappa shape index (κ3) is 3.39. The molecule has 0 bridgehead atoms. The molecule has 4 heteroatoms. The molecule has 0 amide bonds. The lowest BCUT2D eigenvalue weighted by Gasteiger charge is -2.03. The van der Waals surface area contributed by atoms with Crippen molar-refractivity contribution >= 4 is 9.84 Å². The monoisotopic (exact) mass is 246 g/mol. The van der Waals surface area contributed by atoms with Crippen LogP contribution in [0.4, 0.5) is 0 Å². The van der Waals surface area contributed by atoms with Crippen LogP contribution in [0.1, 0.15) is 5.69 Å². The highest BCUT2D eigenvalue weighted by Crippen LogP contribution is 2.17. The molecule has 0 saturated carbocycles. The summed E-state index contributed by atoms with van der Waals surface area (Å²) in [6.07, 6.45) is 3.10. The number of hydrogen-bond acceptors (Lipinski definition) is 3. The maximum absolute atomic E-state index is 11.1. The Bertz CT molecular complexity index is 606. The van der Waals surface area contributed by atoms with Crippen molar-refractivity contribution in [3.8, 4) is 11.3 Å². The summed E-state index contributed by atoms with van der Waals surface area (Å²) >= 11 is 0. The van der Waals surface area contributed by atoms with Crippen LogP contribution < -0.4 is 0 Å². The summed E-state index contributed by atoms with van der Waals surface area (Å²) in [6, 6.07) is 15.0. The number of rotatable bonds is 3. The summed E-state index contributed by atoms with van der Waals surface area (Å²) in [6.45, 7) is 0. The SMILES string of the molecule is [CH2]S(=O)(=O)Cc1cccc(-c2ccccc2)n1. The van der Waals surface area contributed by atoms with Crippen molar-refractivity contribution < 1.29 is 8.42 Å². The van der Waals surface area contributed by atoms with Gasteiger partial charge in [0.15, 0.2) is 9.84 Å². The number of aromatic nitrogens is 1. The normalized spacial score (nSPS) is 11.4. The molecule has 0 aliphatic carbocycles. The lowest BCUT2D eigenvalue weighted by atomic mass is 10.1. The second-order valence-corrected chi connectivity index (χ2v) is 5.54. The first-order chi connectivity index (χ1) is 8.04. The van der Waals surface area contributed by atoms with Crippen LogP contribution in [0.25, 0.3) is 11.3 Å². The molecule has 2 aromatic rings. The molecular formula is C13H12NO2S. The van der Waals surface area contributed by atoms with Gasteiger partial charge in [0.05, 0.1) is 23.4 Å². The van der Waals surface area contributed by atoms with E-state index in [4.69, 9.17) is 0 Å². The van der Waals surface area contributed by atoms with Crippen molar-refractivity contribution in [3.05, 3.63) is 60.5 Å². The van der Waals surface area contributed by atoms with Crippen LogP contribution >= 0.6 is 0 Å². The molecule has 0 spiro atoms. The van der Waals surface area contributed by atoms with E-state index in [2.05, 4.69) is 11.2 Å². The van der Waals surface area contributed by atoms with Gasteiger partial charge >= 0.3 is 0 Å². The van der Waals surface area contributed by atoms with E-state index in [-0.39, 0.29) is 5.75 Å². The van der Waals surface area contributed by atoms with E-state index in [9.17, 15) is 8.42 Å². The van der Waals surface area contributed by atoms with E-state index in [0.717, 1.165) is 11.3 Å². The second-order valence-electron chi connectivity index (χ2n) is 3.77. The Morgan fingerprint density at radius 3 is 2.35 bits per heavy atom. The van der Waals surface area contributed by atoms with Crippen molar-refractivity contribution in [1.82, 2.24) is 4.98 Å². The summed E-state index contributed by atoms with van der Waals surface area (Å²) < 4.78 is 22.2. The van der Waals surface area contributed by atoms with Crippen LogP contribution in [0.2, 0.25) is 0 Å². The van der Waals surface area contributed by atoms with Crippen LogP contribution in [0.15, 0.2) is 48.5 Å². The lowest BCUT2D eigenvalue weighted by Crippen LogP contribution is -2.01. The molecule has 2 rings (SSSR count). The van der Waals surface area contributed by atoms with Gasteiger partial charge in [-0.1, -0.05) is 36.4 Å². The summed E-state index contributed by atoms with van der Waals surface area (Å²) in [5.41, 5.74) is 2.25. The van der Waals surface area contributed by atoms with Gasteiger partial charge < -0.3 is 0 Å². The highest BCUT2D eigenvalue weighted by molar-refractivity contribution is 7.91. The molecule has 0 aliphatic heterocycles. The molecule has 0 saturated heterocycles. The number of sulfone groups is 1. The fourth-order valence-electron chi connectivity index (χ4n) is 1.55. The van der Waals surface area contributed by atoms with Crippen molar-refractivity contribution in [3.63, 3.8) is 0 Å². The molecule has 17 heavy (non-hydrogen) atoms. The Labute approximate surface area is 101 Å². The zero-order valence-corrected chi connectivity index (χ0v) is 10.0. The molecule has 0 N–H and O–H groups in total. The average molecular weight is 246 g/mol. The molecule has 1 radical (unpaired) electrons. The maximum atomic E-state index is 11.1. The molecule has 0 aliphatic rings. The summed E-state index contributed by atoms with van der Waals surface area (Å²) in [5.74, 6) is -0.131. The minimum atomic E-state index is -3.29. The second kappa shape index (κ2) is 4.67. The first-order valence-corrected chi connectivity index (χ1v) is 6.94. The van der Waals surface area contributed by atoms with Crippen molar-refractivity contribution in [1.29, 1.82) is 0 Å². The van der Waals surface area contributed by atoms with Gasteiger partial charge in [-0.15, -0.1) is 0 Å². The third-order valence-corrected chi connectivity index (χ3v) is 2.98. The first-order valence-electron chi connectivity index (χ1n) is 5.12. The van der Waals surface area contributed by atoms with E-state index in [1.165, 1.54) is 0 Å². The molecule has 0 fully saturated rings. The highest BCUT2D eigenvalue weighted by atomic mass is 32.2.